The summed E-state index contributed by atoms with van der Waals surface area (Å²) >= 11 is 0. The number of nitrogens with zero attached hydrogens (tertiary/aromatic N) is 3. The molecule has 6 heteroatoms. The summed E-state index contributed by atoms with van der Waals surface area (Å²) in [6.45, 7) is 5.79. The molecule has 1 saturated carbocycles. The predicted octanol–water partition coefficient (Wildman–Crippen LogP) is 1.14. The van der Waals surface area contributed by atoms with Gasteiger partial charge in [0.1, 0.15) is 0 Å². The van der Waals surface area contributed by atoms with Crippen LogP contribution in [0.25, 0.3) is 0 Å². The van der Waals surface area contributed by atoms with Gasteiger partial charge in [-0.2, -0.15) is 0 Å². The van der Waals surface area contributed by atoms with E-state index in [2.05, 4.69) is 48.5 Å². The third-order valence-corrected chi connectivity index (χ3v) is 5.14. The molecule has 1 aliphatic carbocycles. The maximum atomic E-state index is 12.6. The van der Waals surface area contributed by atoms with Gasteiger partial charge >= 0.3 is 0 Å². The minimum atomic E-state index is -0.280. The molecule has 0 spiro atoms. The zero-order valence-electron chi connectivity index (χ0n) is 16.0. The van der Waals surface area contributed by atoms with Crippen LogP contribution in [0.5, 0.6) is 0 Å². The first-order chi connectivity index (χ1) is 10.6. The van der Waals surface area contributed by atoms with Crippen molar-refractivity contribution in [3.8, 4) is 0 Å². The normalized spacial score (nSPS) is 18.2. The molecular formula is C17H35N5O. The van der Waals surface area contributed by atoms with Crippen molar-refractivity contribution < 1.29 is 4.79 Å². The van der Waals surface area contributed by atoms with Gasteiger partial charge in [-0.05, 0) is 40.8 Å². The second-order valence-electron chi connectivity index (χ2n) is 7.67. The number of rotatable bonds is 6. The topological polar surface area (TPSA) is 60.0 Å². The largest absolute Gasteiger partial charge is 0.355 e. The first-order valence-electron chi connectivity index (χ1n) is 8.48. The molecule has 23 heavy (non-hydrogen) atoms. The molecule has 0 aliphatic heterocycles. The van der Waals surface area contributed by atoms with E-state index >= 15 is 0 Å². The number of carbonyl (C=O) groups excluding carboxylic acids is 1. The van der Waals surface area contributed by atoms with Crippen molar-refractivity contribution in [1.29, 1.82) is 0 Å². The lowest BCUT2D eigenvalue weighted by molar-refractivity contribution is -0.138. The van der Waals surface area contributed by atoms with Gasteiger partial charge in [-0.25, -0.2) is 0 Å². The maximum Gasteiger partial charge on any atom is 0.230 e. The summed E-state index contributed by atoms with van der Waals surface area (Å²) in [7, 11) is 9.60. The fourth-order valence-corrected chi connectivity index (χ4v) is 2.92. The standard InChI is InChI=1S/C17H35N5O/c1-16(2,22(6)7)12-19-15(18-3)20-13-17(10-8-9-11-17)14(23)21(4)5/h8-13H2,1-7H3,(H2,18,19,20). The van der Waals surface area contributed by atoms with Gasteiger partial charge in [0.15, 0.2) is 5.96 Å². The Balaban J connectivity index is 2.64. The summed E-state index contributed by atoms with van der Waals surface area (Å²) in [6.07, 6.45) is 4.16. The minimum absolute atomic E-state index is 0.0299. The first kappa shape index (κ1) is 19.7. The zero-order chi connectivity index (χ0) is 17.7. The molecule has 0 aromatic heterocycles. The molecule has 1 aliphatic rings. The van der Waals surface area contributed by atoms with Crippen LogP contribution in [0.15, 0.2) is 4.99 Å². The van der Waals surface area contributed by atoms with Gasteiger partial charge in [0.05, 0.1) is 5.41 Å². The van der Waals surface area contributed by atoms with Gasteiger partial charge < -0.3 is 20.4 Å². The fourth-order valence-electron chi connectivity index (χ4n) is 2.92. The van der Waals surface area contributed by atoms with Crippen molar-refractivity contribution in [3.63, 3.8) is 0 Å². The summed E-state index contributed by atoms with van der Waals surface area (Å²) in [5.74, 6) is 0.990. The van der Waals surface area contributed by atoms with E-state index in [1.54, 1.807) is 11.9 Å². The molecule has 134 valence electrons. The highest BCUT2D eigenvalue weighted by atomic mass is 16.2. The Morgan fingerprint density at radius 2 is 1.70 bits per heavy atom. The van der Waals surface area contributed by atoms with E-state index in [0.717, 1.165) is 38.2 Å². The number of likely N-dealkylation sites (N-methyl/N-ethyl adjacent to an activating group) is 1. The minimum Gasteiger partial charge on any atom is -0.355 e. The second-order valence-corrected chi connectivity index (χ2v) is 7.67. The van der Waals surface area contributed by atoms with Gasteiger partial charge in [0.25, 0.3) is 0 Å². The average molecular weight is 326 g/mol. The van der Waals surface area contributed by atoms with E-state index in [9.17, 15) is 4.79 Å². The van der Waals surface area contributed by atoms with Crippen LogP contribution < -0.4 is 10.6 Å². The third-order valence-electron chi connectivity index (χ3n) is 5.14. The van der Waals surface area contributed by atoms with Crippen LogP contribution >= 0.6 is 0 Å². The molecule has 2 N–H and O–H groups in total. The van der Waals surface area contributed by atoms with E-state index in [-0.39, 0.29) is 16.9 Å². The number of hydrogen-bond donors (Lipinski definition) is 2. The molecule has 0 saturated heterocycles. The van der Waals surface area contributed by atoms with Crippen molar-refractivity contribution in [3.05, 3.63) is 0 Å². The fraction of sp³-hybridized carbons (Fsp3) is 0.882. The number of amides is 1. The third kappa shape index (κ3) is 5.09. The number of aliphatic imine (C=N–C) groups is 1. The average Bonchev–Trinajstić information content (AvgIpc) is 2.96. The van der Waals surface area contributed by atoms with Gasteiger partial charge in [-0.15, -0.1) is 0 Å². The highest BCUT2D eigenvalue weighted by Crippen LogP contribution is 2.38. The van der Waals surface area contributed by atoms with E-state index < -0.39 is 0 Å². The molecule has 1 rings (SSSR count). The lowest BCUT2D eigenvalue weighted by atomic mass is 9.84. The lowest BCUT2D eigenvalue weighted by Gasteiger charge is -2.34. The van der Waals surface area contributed by atoms with Gasteiger partial charge in [0.2, 0.25) is 5.91 Å². The highest BCUT2D eigenvalue weighted by Gasteiger charge is 2.42. The maximum absolute atomic E-state index is 12.6. The van der Waals surface area contributed by atoms with Crippen molar-refractivity contribution in [2.24, 2.45) is 10.4 Å². The molecule has 0 aromatic rings. The molecular weight excluding hydrogens is 290 g/mol. The van der Waals surface area contributed by atoms with Crippen LogP contribution in [-0.4, -0.2) is 75.5 Å². The van der Waals surface area contributed by atoms with Gasteiger partial charge in [0, 0.05) is 39.8 Å². The molecule has 6 nitrogen and oxygen atoms in total. The Hall–Kier alpha value is -1.30. The Morgan fingerprint density at radius 1 is 1.13 bits per heavy atom. The summed E-state index contributed by atoms with van der Waals surface area (Å²) in [4.78, 5) is 20.8. The Labute approximate surface area is 141 Å². The quantitative estimate of drug-likeness (QED) is 0.568. The van der Waals surface area contributed by atoms with Gasteiger partial charge in [-0.3, -0.25) is 9.79 Å². The molecule has 0 bridgehead atoms. The summed E-state index contributed by atoms with van der Waals surface area (Å²) in [5, 5.41) is 6.75. The highest BCUT2D eigenvalue weighted by molar-refractivity contribution is 5.85. The molecule has 0 unspecified atom stereocenters. The van der Waals surface area contributed by atoms with E-state index in [0.29, 0.717) is 6.54 Å². The molecule has 0 atom stereocenters. The van der Waals surface area contributed by atoms with Crippen LogP contribution in [-0.2, 0) is 4.79 Å². The number of guanidine groups is 1. The Bertz CT molecular complexity index is 423. The molecule has 1 fully saturated rings. The second kappa shape index (κ2) is 7.99. The van der Waals surface area contributed by atoms with Gasteiger partial charge in [-0.1, -0.05) is 12.8 Å². The monoisotopic (exact) mass is 325 g/mol. The van der Waals surface area contributed by atoms with Crippen molar-refractivity contribution in [2.75, 3.05) is 48.3 Å². The number of nitrogens with one attached hydrogen (secondary N) is 2. The molecule has 0 aromatic carbocycles. The van der Waals surface area contributed by atoms with E-state index in [4.69, 9.17) is 0 Å². The summed E-state index contributed by atoms with van der Waals surface area (Å²) in [6, 6.07) is 0. The van der Waals surface area contributed by atoms with Crippen molar-refractivity contribution in [1.82, 2.24) is 20.4 Å². The molecule has 0 radical (unpaired) electrons. The Morgan fingerprint density at radius 3 is 2.13 bits per heavy atom. The zero-order valence-corrected chi connectivity index (χ0v) is 16.0. The van der Waals surface area contributed by atoms with Crippen LogP contribution in [0, 0.1) is 5.41 Å². The van der Waals surface area contributed by atoms with E-state index in [1.165, 1.54) is 0 Å². The molecule has 1 amide bonds. The number of hydrogen-bond acceptors (Lipinski definition) is 3. The smallest absolute Gasteiger partial charge is 0.230 e. The SMILES string of the molecule is CN=C(NCC1(C(=O)N(C)C)CCCC1)NCC(C)(C)N(C)C. The number of carbonyl (C=O) groups is 1. The first-order valence-corrected chi connectivity index (χ1v) is 8.48. The molecule has 0 heterocycles. The lowest BCUT2D eigenvalue weighted by Crippen LogP contribution is -2.53. The van der Waals surface area contributed by atoms with Crippen LogP contribution in [0.2, 0.25) is 0 Å². The Kier molecular flexibility index (Phi) is 6.86. The van der Waals surface area contributed by atoms with Crippen molar-refractivity contribution in [2.45, 2.75) is 45.1 Å². The van der Waals surface area contributed by atoms with Crippen molar-refractivity contribution >= 4 is 11.9 Å². The van der Waals surface area contributed by atoms with Crippen LogP contribution in [0.1, 0.15) is 39.5 Å². The van der Waals surface area contributed by atoms with Crippen LogP contribution in [0.3, 0.4) is 0 Å². The predicted molar refractivity (Wildman–Crippen MR) is 96.7 cm³/mol. The van der Waals surface area contributed by atoms with E-state index in [1.807, 2.05) is 14.1 Å². The summed E-state index contributed by atoms with van der Waals surface area (Å²) < 4.78 is 0. The van der Waals surface area contributed by atoms with Crippen LogP contribution in [0.4, 0.5) is 0 Å². The summed E-state index contributed by atoms with van der Waals surface area (Å²) in [5.41, 5.74) is -0.250.